The van der Waals surface area contributed by atoms with Crippen molar-refractivity contribution in [3.05, 3.63) is 0 Å². The topological polar surface area (TPSA) is 35.6 Å². The largest absolute Gasteiger partial charge is 0.324 e. The number of hydrogen-bond donors (Lipinski definition) is 1. The Labute approximate surface area is 123 Å². The van der Waals surface area contributed by atoms with Gasteiger partial charge in [0.15, 0.2) is 0 Å². The summed E-state index contributed by atoms with van der Waals surface area (Å²) in [6.45, 7) is 13.0. The first kappa shape index (κ1) is 15.8. The van der Waals surface area contributed by atoms with E-state index < -0.39 is 0 Å². The molecule has 1 N–H and O–H groups in total. The molecule has 2 unspecified atom stereocenters. The average Bonchev–Trinajstić information content (AvgIpc) is 2.75. The molecule has 0 aliphatic carbocycles. The van der Waals surface area contributed by atoms with Crippen molar-refractivity contribution in [3.63, 3.8) is 0 Å². The smallest absolute Gasteiger partial charge is 0.241 e. The van der Waals surface area contributed by atoms with Crippen LogP contribution in [0, 0.1) is 11.8 Å². The van der Waals surface area contributed by atoms with Crippen molar-refractivity contribution < 1.29 is 4.79 Å². The second-order valence-corrected chi connectivity index (χ2v) is 7.01. The Hall–Kier alpha value is -0.610. The highest BCUT2D eigenvalue weighted by Crippen LogP contribution is 2.21. The zero-order valence-electron chi connectivity index (χ0n) is 13.6. The van der Waals surface area contributed by atoms with Gasteiger partial charge in [0, 0.05) is 13.1 Å². The molecule has 2 rings (SSSR count). The van der Waals surface area contributed by atoms with E-state index in [1.54, 1.807) is 0 Å². The van der Waals surface area contributed by atoms with Gasteiger partial charge in [0.05, 0.1) is 12.2 Å². The summed E-state index contributed by atoms with van der Waals surface area (Å²) < 4.78 is 0. The summed E-state index contributed by atoms with van der Waals surface area (Å²) in [6, 6.07) is 0.00348. The Morgan fingerprint density at radius 2 is 1.70 bits per heavy atom. The maximum Gasteiger partial charge on any atom is 0.241 e. The van der Waals surface area contributed by atoms with E-state index in [2.05, 4.69) is 42.8 Å². The minimum Gasteiger partial charge on any atom is -0.324 e. The Morgan fingerprint density at radius 3 is 2.25 bits per heavy atom. The fourth-order valence-electron chi connectivity index (χ4n) is 3.37. The lowest BCUT2D eigenvalue weighted by Crippen LogP contribution is -2.45. The average molecular weight is 281 g/mol. The van der Waals surface area contributed by atoms with Crippen LogP contribution in [0.5, 0.6) is 0 Å². The SMILES string of the molecule is CC(C)C1NC(C(C)C)N(CCN2CCCCC2)C1=O. The second-order valence-electron chi connectivity index (χ2n) is 7.01. The molecule has 0 spiro atoms. The zero-order chi connectivity index (χ0) is 14.7. The Kier molecular flexibility index (Phi) is 5.44. The van der Waals surface area contributed by atoms with Crippen LogP contribution < -0.4 is 5.32 Å². The monoisotopic (exact) mass is 281 g/mol. The van der Waals surface area contributed by atoms with Gasteiger partial charge in [-0.15, -0.1) is 0 Å². The van der Waals surface area contributed by atoms with E-state index in [-0.39, 0.29) is 12.2 Å². The lowest BCUT2D eigenvalue weighted by Gasteiger charge is -2.32. The van der Waals surface area contributed by atoms with Crippen LogP contribution in [0.3, 0.4) is 0 Å². The quantitative estimate of drug-likeness (QED) is 0.836. The van der Waals surface area contributed by atoms with Crippen LogP contribution in [0.2, 0.25) is 0 Å². The molecule has 2 aliphatic heterocycles. The molecule has 4 heteroatoms. The fourth-order valence-corrected chi connectivity index (χ4v) is 3.37. The molecule has 0 aromatic heterocycles. The van der Waals surface area contributed by atoms with Crippen LogP contribution in [-0.4, -0.2) is 54.1 Å². The van der Waals surface area contributed by atoms with Crippen molar-refractivity contribution in [1.29, 1.82) is 0 Å². The first-order chi connectivity index (χ1) is 9.50. The molecule has 4 nitrogen and oxygen atoms in total. The number of piperidine rings is 1. The Bertz CT molecular complexity index is 324. The van der Waals surface area contributed by atoms with Gasteiger partial charge in [0.25, 0.3) is 0 Å². The zero-order valence-corrected chi connectivity index (χ0v) is 13.6. The van der Waals surface area contributed by atoms with Crippen LogP contribution in [0.1, 0.15) is 47.0 Å². The number of likely N-dealkylation sites (tertiary alicyclic amines) is 1. The van der Waals surface area contributed by atoms with Gasteiger partial charge in [-0.1, -0.05) is 34.1 Å². The van der Waals surface area contributed by atoms with E-state index in [1.165, 1.54) is 32.4 Å². The molecule has 2 fully saturated rings. The fraction of sp³-hybridized carbons (Fsp3) is 0.938. The highest BCUT2D eigenvalue weighted by molar-refractivity contribution is 5.84. The lowest BCUT2D eigenvalue weighted by atomic mass is 10.0. The van der Waals surface area contributed by atoms with Crippen LogP contribution in [0.25, 0.3) is 0 Å². The maximum atomic E-state index is 12.6. The molecule has 0 radical (unpaired) electrons. The highest BCUT2D eigenvalue weighted by atomic mass is 16.2. The molecule has 2 heterocycles. The molecule has 2 aliphatic rings. The van der Waals surface area contributed by atoms with E-state index in [9.17, 15) is 4.79 Å². The lowest BCUT2D eigenvalue weighted by molar-refractivity contribution is -0.131. The summed E-state index contributed by atoms with van der Waals surface area (Å²) >= 11 is 0. The van der Waals surface area contributed by atoms with Gasteiger partial charge in [-0.05, 0) is 37.8 Å². The number of nitrogens with zero attached hydrogens (tertiary/aromatic N) is 2. The van der Waals surface area contributed by atoms with Gasteiger partial charge in [-0.2, -0.15) is 0 Å². The van der Waals surface area contributed by atoms with Gasteiger partial charge >= 0.3 is 0 Å². The number of carbonyl (C=O) groups is 1. The third-order valence-electron chi connectivity index (χ3n) is 4.64. The first-order valence-corrected chi connectivity index (χ1v) is 8.29. The van der Waals surface area contributed by atoms with Crippen LogP contribution >= 0.6 is 0 Å². The van der Waals surface area contributed by atoms with Crippen molar-refractivity contribution >= 4 is 5.91 Å². The summed E-state index contributed by atoms with van der Waals surface area (Å²) in [7, 11) is 0. The van der Waals surface area contributed by atoms with Gasteiger partial charge in [-0.3, -0.25) is 10.1 Å². The molecular weight excluding hydrogens is 250 g/mol. The van der Waals surface area contributed by atoms with Crippen LogP contribution in [0.15, 0.2) is 0 Å². The number of rotatable bonds is 5. The number of carbonyl (C=O) groups excluding carboxylic acids is 1. The molecule has 0 aromatic carbocycles. The number of nitrogens with one attached hydrogen (secondary N) is 1. The van der Waals surface area contributed by atoms with Crippen molar-refractivity contribution in [3.8, 4) is 0 Å². The third-order valence-corrected chi connectivity index (χ3v) is 4.64. The summed E-state index contributed by atoms with van der Waals surface area (Å²) in [4.78, 5) is 17.2. The van der Waals surface area contributed by atoms with E-state index >= 15 is 0 Å². The van der Waals surface area contributed by atoms with Gasteiger partial charge in [0.1, 0.15) is 0 Å². The predicted octanol–water partition coefficient (Wildman–Crippen LogP) is 1.91. The first-order valence-electron chi connectivity index (χ1n) is 8.29. The van der Waals surface area contributed by atoms with E-state index in [0.29, 0.717) is 17.7 Å². The van der Waals surface area contributed by atoms with Crippen LogP contribution in [0.4, 0.5) is 0 Å². The van der Waals surface area contributed by atoms with E-state index in [0.717, 1.165) is 13.1 Å². The van der Waals surface area contributed by atoms with Crippen molar-refractivity contribution in [2.45, 2.75) is 59.2 Å². The molecule has 0 saturated carbocycles. The summed E-state index contributed by atoms with van der Waals surface area (Å²) in [5, 5.41) is 3.54. The summed E-state index contributed by atoms with van der Waals surface area (Å²) in [5.41, 5.74) is 0. The highest BCUT2D eigenvalue weighted by Gasteiger charge is 2.41. The molecule has 116 valence electrons. The minimum atomic E-state index is 0.00348. The van der Waals surface area contributed by atoms with Crippen molar-refractivity contribution in [2.24, 2.45) is 11.8 Å². The Morgan fingerprint density at radius 1 is 1.05 bits per heavy atom. The molecular formula is C16H31N3O. The maximum absolute atomic E-state index is 12.6. The summed E-state index contributed by atoms with van der Waals surface area (Å²) in [6.07, 6.45) is 4.20. The number of hydrogen-bond acceptors (Lipinski definition) is 3. The standard InChI is InChI=1S/C16H31N3O/c1-12(2)14-16(20)19(15(17-14)13(3)4)11-10-18-8-6-5-7-9-18/h12-15,17H,5-11H2,1-4H3. The molecule has 2 atom stereocenters. The molecule has 0 aromatic rings. The molecule has 2 saturated heterocycles. The molecule has 0 bridgehead atoms. The summed E-state index contributed by atoms with van der Waals surface area (Å²) in [5.74, 6) is 1.13. The third kappa shape index (κ3) is 3.53. The van der Waals surface area contributed by atoms with Gasteiger partial charge in [-0.25, -0.2) is 0 Å². The minimum absolute atomic E-state index is 0.00348. The normalized spacial score (nSPS) is 28.9. The van der Waals surface area contributed by atoms with Crippen molar-refractivity contribution in [2.75, 3.05) is 26.2 Å². The van der Waals surface area contributed by atoms with Gasteiger partial charge < -0.3 is 9.80 Å². The number of amides is 1. The Balaban J connectivity index is 1.94. The van der Waals surface area contributed by atoms with Crippen molar-refractivity contribution in [1.82, 2.24) is 15.1 Å². The van der Waals surface area contributed by atoms with E-state index in [4.69, 9.17) is 0 Å². The van der Waals surface area contributed by atoms with Crippen LogP contribution in [-0.2, 0) is 4.79 Å². The molecule has 20 heavy (non-hydrogen) atoms. The predicted molar refractivity (Wildman–Crippen MR) is 82.4 cm³/mol. The van der Waals surface area contributed by atoms with E-state index in [1.807, 2.05) is 0 Å². The second kappa shape index (κ2) is 6.90. The van der Waals surface area contributed by atoms with Gasteiger partial charge in [0.2, 0.25) is 5.91 Å². The molecule has 1 amide bonds.